The first-order valence-electron chi connectivity index (χ1n) is 12.4. The number of aromatic amines is 1. The highest BCUT2D eigenvalue weighted by molar-refractivity contribution is 6.01. The zero-order valence-corrected chi connectivity index (χ0v) is 19.6. The predicted molar refractivity (Wildman–Crippen MR) is 126 cm³/mol. The molecule has 3 amide bonds. The van der Waals surface area contributed by atoms with Gasteiger partial charge in [0, 0.05) is 29.3 Å². The van der Waals surface area contributed by atoms with E-state index in [4.69, 9.17) is 4.74 Å². The molecule has 0 radical (unpaired) electrons. The van der Waals surface area contributed by atoms with Gasteiger partial charge in [-0.05, 0) is 55.2 Å². The third kappa shape index (κ3) is 3.54. The van der Waals surface area contributed by atoms with Gasteiger partial charge < -0.3 is 25.7 Å². The number of H-pyrrole nitrogens is 1. The van der Waals surface area contributed by atoms with E-state index < -0.39 is 11.6 Å². The largest absolute Gasteiger partial charge is 0.496 e. The fourth-order valence-corrected chi connectivity index (χ4v) is 6.74. The Morgan fingerprint density at radius 2 is 2.17 bits per heavy atom. The summed E-state index contributed by atoms with van der Waals surface area (Å²) in [7, 11) is 1.58. The Morgan fingerprint density at radius 3 is 2.91 bits per heavy atom. The number of rotatable bonds is 7. The van der Waals surface area contributed by atoms with Gasteiger partial charge in [0.25, 0.3) is 5.91 Å². The fraction of sp³-hybridized carbons (Fsp3) is 0.538. The van der Waals surface area contributed by atoms with Crippen LogP contribution in [0.25, 0.3) is 10.9 Å². The van der Waals surface area contributed by atoms with E-state index in [1.54, 1.807) is 13.2 Å². The van der Waals surface area contributed by atoms with Gasteiger partial charge >= 0.3 is 0 Å². The molecule has 4 fully saturated rings. The monoisotopic (exact) mass is 475 g/mol. The topological polar surface area (TPSA) is 136 Å². The van der Waals surface area contributed by atoms with Gasteiger partial charge in [-0.25, -0.2) is 0 Å². The van der Waals surface area contributed by atoms with E-state index in [0.717, 1.165) is 30.2 Å². The number of nitrogens with zero attached hydrogens (tertiary/aromatic N) is 1. The summed E-state index contributed by atoms with van der Waals surface area (Å²) >= 11 is 0. The van der Waals surface area contributed by atoms with Gasteiger partial charge in [-0.3, -0.25) is 14.4 Å². The highest BCUT2D eigenvalue weighted by Gasteiger charge is 2.65. The second kappa shape index (κ2) is 8.01. The van der Waals surface area contributed by atoms with Crippen LogP contribution in [0.5, 0.6) is 5.75 Å². The molecule has 3 aliphatic carbocycles. The van der Waals surface area contributed by atoms with Crippen LogP contribution in [-0.2, 0) is 9.59 Å². The molecule has 9 nitrogen and oxygen atoms in total. The number of carbonyl (C=O) groups excluding carboxylic acids is 3. The average Bonchev–Trinajstić information content (AvgIpc) is 3.18. The zero-order valence-electron chi connectivity index (χ0n) is 19.6. The number of methoxy groups -OCH3 is 1. The van der Waals surface area contributed by atoms with Gasteiger partial charge in [0.2, 0.25) is 11.8 Å². The first-order chi connectivity index (χ1) is 16.9. The number of carbonyl (C=O) groups is 3. The summed E-state index contributed by atoms with van der Waals surface area (Å²) in [6.45, 7) is 0.662. The minimum atomic E-state index is -1.06. The lowest BCUT2D eigenvalue weighted by Crippen LogP contribution is -2.59. The molecule has 3 unspecified atom stereocenters. The normalized spacial score (nSPS) is 31.5. The molecule has 1 aromatic carbocycles. The third-order valence-electron chi connectivity index (χ3n) is 8.61. The minimum absolute atomic E-state index is 0.00635. The number of hydrogen-bond acceptors (Lipinski definition) is 5. The Kier molecular flexibility index (Phi) is 5.02. The van der Waals surface area contributed by atoms with Gasteiger partial charge in [-0.1, -0.05) is 18.9 Å². The molecular weight excluding hydrogens is 446 g/mol. The zero-order chi connectivity index (χ0) is 24.3. The number of nitriles is 1. The number of amides is 3. The minimum Gasteiger partial charge on any atom is -0.496 e. The maximum Gasteiger partial charge on any atom is 0.268 e. The van der Waals surface area contributed by atoms with Crippen molar-refractivity contribution in [3.05, 3.63) is 30.0 Å². The first kappa shape index (κ1) is 22.0. The van der Waals surface area contributed by atoms with Gasteiger partial charge in [-0.2, -0.15) is 5.26 Å². The second-order valence-electron chi connectivity index (χ2n) is 10.6. The van der Waals surface area contributed by atoms with Crippen LogP contribution in [0.2, 0.25) is 0 Å². The quantitative estimate of drug-likeness (QED) is 0.485. The molecule has 9 heteroatoms. The van der Waals surface area contributed by atoms with Gasteiger partial charge in [-0.15, -0.1) is 0 Å². The van der Waals surface area contributed by atoms with Crippen LogP contribution in [0.4, 0.5) is 0 Å². The van der Waals surface area contributed by atoms with E-state index in [1.165, 1.54) is 0 Å². The molecule has 1 saturated heterocycles. The van der Waals surface area contributed by atoms with Crippen molar-refractivity contribution in [2.24, 2.45) is 29.6 Å². The van der Waals surface area contributed by atoms with Crippen molar-refractivity contribution < 1.29 is 19.1 Å². The Hall–Kier alpha value is -3.54. The molecule has 4 N–H and O–H groups in total. The van der Waals surface area contributed by atoms with Crippen molar-refractivity contribution in [3.8, 4) is 11.8 Å². The Balaban J connectivity index is 1.21. The molecule has 1 aromatic heterocycles. The van der Waals surface area contributed by atoms with E-state index in [-0.39, 0.29) is 41.4 Å². The Morgan fingerprint density at radius 1 is 1.34 bits per heavy atom. The Bertz CT molecular complexity index is 1260. The molecule has 35 heavy (non-hydrogen) atoms. The molecule has 2 aromatic rings. The first-order valence-corrected chi connectivity index (χ1v) is 12.4. The highest BCUT2D eigenvalue weighted by atomic mass is 16.5. The van der Waals surface area contributed by atoms with E-state index in [2.05, 4.69) is 27.0 Å². The third-order valence-corrected chi connectivity index (χ3v) is 8.61. The number of ether oxygens (including phenoxy) is 1. The number of aromatic nitrogens is 1. The van der Waals surface area contributed by atoms with Crippen LogP contribution in [0, 0.1) is 40.9 Å². The summed E-state index contributed by atoms with van der Waals surface area (Å²) in [6.07, 6.45) is 3.93. The molecule has 182 valence electrons. The molecule has 2 bridgehead atoms. The van der Waals surface area contributed by atoms with Crippen molar-refractivity contribution in [1.29, 1.82) is 5.26 Å². The average molecular weight is 476 g/mol. The summed E-state index contributed by atoms with van der Waals surface area (Å²) in [4.78, 5) is 42.2. The number of nitrogens with one attached hydrogen (secondary N) is 4. The van der Waals surface area contributed by atoms with Crippen LogP contribution in [0.3, 0.4) is 0 Å². The summed E-state index contributed by atoms with van der Waals surface area (Å²) in [6, 6.07) is 8.87. The molecule has 3 saturated carbocycles. The summed E-state index contributed by atoms with van der Waals surface area (Å²) in [5, 5.41) is 19.8. The van der Waals surface area contributed by atoms with E-state index in [1.807, 2.05) is 18.2 Å². The fourth-order valence-electron chi connectivity index (χ4n) is 6.74. The molecule has 6 rings (SSSR count). The molecule has 1 aliphatic heterocycles. The van der Waals surface area contributed by atoms with Crippen molar-refractivity contribution in [1.82, 2.24) is 20.9 Å². The predicted octanol–water partition coefficient (Wildman–Crippen LogP) is 1.86. The lowest BCUT2D eigenvalue weighted by Gasteiger charge is -2.37. The lowest BCUT2D eigenvalue weighted by molar-refractivity contribution is -0.128. The van der Waals surface area contributed by atoms with Crippen molar-refractivity contribution in [2.45, 2.75) is 43.7 Å². The van der Waals surface area contributed by atoms with Crippen LogP contribution in [0.1, 0.15) is 42.6 Å². The van der Waals surface area contributed by atoms with Gasteiger partial charge in [0.05, 0.1) is 13.2 Å². The van der Waals surface area contributed by atoms with Crippen LogP contribution >= 0.6 is 0 Å². The summed E-state index contributed by atoms with van der Waals surface area (Å²) in [5.41, 5.74) is 0.0528. The van der Waals surface area contributed by atoms with Crippen molar-refractivity contribution >= 4 is 28.6 Å². The van der Waals surface area contributed by atoms with E-state index >= 15 is 0 Å². The maximum atomic E-state index is 13.5. The number of benzene rings is 1. The number of fused-ring (bicyclic) bond motifs is 6. The molecule has 0 spiro atoms. The Labute approximate surface area is 203 Å². The van der Waals surface area contributed by atoms with Crippen molar-refractivity contribution in [2.75, 3.05) is 13.7 Å². The molecule has 2 heterocycles. The summed E-state index contributed by atoms with van der Waals surface area (Å²) in [5.74, 6) is 0.422. The van der Waals surface area contributed by atoms with E-state index in [9.17, 15) is 19.6 Å². The SMILES string of the molecule is COc1cccc2[nH]c(C(=O)N[C@@H](CC3CC3)C(=O)N[C@@]3(C#N)CC4CC3[C@H]3C(=O)NCC43)cc12. The standard InChI is InChI=1S/C26H29N5O4/c1-35-21-4-2-3-18-15(21)9-20(29-18)23(32)30-19(7-13-5-6-13)24(33)31-26(12-27)10-14-8-17(26)22-16(14)11-28-25(22)34/h2-4,9,13-14,16-17,19,22,29H,5-8,10-11H2,1H3,(H,28,34)(H,30,32)(H,31,33)/t14?,16?,17?,19-,22-,26+/m0/s1. The number of hydrogen-bond donors (Lipinski definition) is 4. The van der Waals surface area contributed by atoms with Crippen molar-refractivity contribution in [3.63, 3.8) is 0 Å². The maximum absolute atomic E-state index is 13.5. The van der Waals surface area contributed by atoms with Crippen LogP contribution in [0.15, 0.2) is 24.3 Å². The molecular formula is C26H29N5O4. The molecule has 6 atom stereocenters. The van der Waals surface area contributed by atoms with E-state index in [0.29, 0.717) is 36.7 Å². The van der Waals surface area contributed by atoms with Crippen LogP contribution in [-0.4, -0.2) is 47.9 Å². The molecule has 4 aliphatic rings. The smallest absolute Gasteiger partial charge is 0.268 e. The lowest BCUT2D eigenvalue weighted by atomic mass is 9.71. The summed E-state index contributed by atoms with van der Waals surface area (Å²) < 4.78 is 5.39. The van der Waals surface area contributed by atoms with Gasteiger partial charge in [0.15, 0.2) is 0 Å². The van der Waals surface area contributed by atoms with Crippen LogP contribution < -0.4 is 20.7 Å². The second-order valence-corrected chi connectivity index (χ2v) is 10.6. The van der Waals surface area contributed by atoms with Gasteiger partial charge in [0.1, 0.15) is 23.0 Å². The highest BCUT2D eigenvalue weighted by Crippen LogP contribution is 2.58.